The SMILES string of the molecule is N#Cc1nccc2cc(N3C(=O)CC[C@H]3C(O)C(F)(F)F)ccc12. The van der Waals surface area contributed by atoms with Gasteiger partial charge >= 0.3 is 6.18 Å². The molecule has 5 nitrogen and oxygen atoms in total. The van der Waals surface area contributed by atoms with Crippen molar-refractivity contribution in [1.29, 1.82) is 5.26 Å². The number of nitrogens with zero attached hydrogens (tertiary/aromatic N) is 3. The van der Waals surface area contributed by atoms with Crippen LogP contribution in [0, 0.1) is 11.3 Å². The van der Waals surface area contributed by atoms with Crippen LogP contribution in [0.3, 0.4) is 0 Å². The van der Waals surface area contributed by atoms with Gasteiger partial charge in [0, 0.05) is 23.7 Å². The summed E-state index contributed by atoms with van der Waals surface area (Å²) in [6.45, 7) is 0. The monoisotopic (exact) mass is 335 g/mol. The molecule has 24 heavy (non-hydrogen) atoms. The van der Waals surface area contributed by atoms with Gasteiger partial charge in [0.05, 0.1) is 6.04 Å². The van der Waals surface area contributed by atoms with Crippen molar-refractivity contribution >= 4 is 22.4 Å². The van der Waals surface area contributed by atoms with Crippen molar-refractivity contribution in [3.05, 3.63) is 36.2 Å². The molecule has 0 radical (unpaired) electrons. The number of aromatic nitrogens is 1. The van der Waals surface area contributed by atoms with Gasteiger partial charge in [0.1, 0.15) is 11.8 Å². The van der Waals surface area contributed by atoms with Crippen molar-refractivity contribution in [1.82, 2.24) is 4.98 Å². The number of rotatable bonds is 2. The number of hydrogen-bond donors (Lipinski definition) is 1. The molecule has 1 unspecified atom stereocenters. The summed E-state index contributed by atoms with van der Waals surface area (Å²) in [7, 11) is 0. The summed E-state index contributed by atoms with van der Waals surface area (Å²) in [6.07, 6.45) is -6.12. The second-order valence-corrected chi connectivity index (χ2v) is 5.53. The fourth-order valence-corrected chi connectivity index (χ4v) is 2.96. The number of benzene rings is 1. The van der Waals surface area contributed by atoms with E-state index in [9.17, 15) is 23.1 Å². The first-order chi connectivity index (χ1) is 11.3. The molecular weight excluding hydrogens is 323 g/mol. The zero-order valence-electron chi connectivity index (χ0n) is 12.3. The van der Waals surface area contributed by atoms with Crippen LogP contribution in [0.4, 0.5) is 18.9 Å². The summed E-state index contributed by atoms with van der Waals surface area (Å²) < 4.78 is 38.5. The van der Waals surface area contributed by atoms with Crippen LogP contribution in [0.25, 0.3) is 10.8 Å². The lowest BCUT2D eigenvalue weighted by Crippen LogP contribution is -2.48. The highest BCUT2D eigenvalue weighted by molar-refractivity contribution is 5.99. The lowest BCUT2D eigenvalue weighted by molar-refractivity contribution is -0.209. The zero-order chi connectivity index (χ0) is 17.5. The van der Waals surface area contributed by atoms with Crippen LogP contribution in [-0.4, -0.2) is 34.3 Å². The van der Waals surface area contributed by atoms with Gasteiger partial charge in [0.25, 0.3) is 0 Å². The first kappa shape index (κ1) is 16.2. The number of carbonyl (C=O) groups excluding carboxylic acids is 1. The molecule has 0 spiro atoms. The van der Waals surface area contributed by atoms with E-state index in [1.54, 1.807) is 12.1 Å². The number of nitriles is 1. The van der Waals surface area contributed by atoms with Crippen LogP contribution >= 0.6 is 0 Å². The Morgan fingerprint density at radius 3 is 2.79 bits per heavy atom. The first-order valence-corrected chi connectivity index (χ1v) is 7.18. The van der Waals surface area contributed by atoms with E-state index in [2.05, 4.69) is 4.98 Å². The number of aliphatic hydroxyl groups excluding tert-OH is 1. The molecule has 2 heterocycles. The maximum absolute atomic E-state index is 12.8. The molecule has 8 heteroatoms. The normalized spacial score (nSPS) is 19.5. The molecule has 1 aromatic heterocycles. The molecule has 0 saturated carbocycles. The van der Waals surface area contributed by atoms with Crippen LogP contribution in [0.15, 0.2) is 30.5 Å². The molecule has 1 aliphatic heterocycles. The molecule has 0 aliphatic carbocycles. The lowest BCUT2D eigenvalue weighted by atomic mass is 10.1. The van der Waals surface area contributed by atoms with Crippen molar-refractivity contribution in [2.75, 3.05) is 4.90 Å². The summed E-state index contributed by atoms with van der Waals surface area (Å²) >= 11 is 0. The molecule has 2 atom stereocenters. The van der Waals surface area contributed by atoms with Gasteiger partial charge in [0.15, 0.2) is 6.10 Å². The van der Waals surface area contributed by atoms with Crippen LogP contribution in [0.2, 0.25) is 0 Å². The third-order valence-corrected chi connectivity index (χ3v) is 4.09. The average molecular weight is 335 g/mol. The molecule has 2 aromatic rings. The van der Waals surface area contributed by atoms with E-state index in [-0.39, 0.29) is 24.2 Å². The fraction of sp³-hybridized carbons (Fsp3) is 0.312. The summed E-state index contributed by atoms with van der Waals surface area (Å²) in [5, 5.41) is 19.7. The van der Waals surface area contributed by atoms with Crippen LogP contribution in [0.1, 0.15) is 18.5 Å². The van der Waals surface area contributed by atoms with Crippen LogP contribution < -0.4 is 4.90 Å². The van der Waals surface area contributed by atoms with E-state index in [0.29, 0.717) is 10.8 Å². The Morgan fingerprint density at radius 2 is 2.12 bits per heavy atom. The van der Waals surface area contributed by atoms with E-state index in [1.165, 1.54) is 18.3 Å². The lowest BCUT2D eigenvalue weighted by Gasteiger charge is -2.30. The van der Waals surface area contributed by atoms with Gasteiger partial charge in [-0.25, -0.2) is 4.98 Å². The van der Waals surface area contributed by atoms with E-state index in [0.717, 1.165) is 4.90 Å². The summed E-state index contributed by atoms with van der Waals surface area (Å²) in [4.78, 5) is 17.0. The molecule has 3 rings (SSSR count). The van der Waals surface area contributed by atoms with Gasteiger partial charge in [-0.15, -0.1) is 0 Å². The van der Waals surface area contributed by atoms with Crippen molar-refractivity contribution in [2.45, 2.75) is 31.2 Å². The van der Waals surface area contributed by atoms with Crippen molar-refractivity contribution in [2.24, 2.45) is 0 Å². The van der Waals surface area contributed by atoms with E-state index in [4.69, 9.17) is 5.26 Å². The van der Waals surface area contributed by atoms with Crippen molar-refractivity contribution in [3.8, 4) is 6.07 Å². The Labute approximate surface area is 134 Å². The molecular formula is C16H12F3N3O2. The molecule has 1 amide bonds. The molecule has 1 aliphatic rings. The Hall–Kier alpha value is -2.66. The Bertz CT molecular complexity index is 845. The quantitative estimate of drug-likeness (QED) is 0.915. The van der Waals surface area contributed by atoms with Gasteiger partial charge in [0.2, 0.25) is 5.91 Å². The Morgan fingerprint density at radius 1 is 1.38 bits per heavy atom. The number of hydrogen-bond acceptors (Lipinski definition) is 4. The van der Waals surface area contributed by atoms with Crippen LogP contribution in [0.5, 0.6) is 0 Å². The van der Waals surface area contributed by atoms with Crippen LogP contribution in [-0.2, 0) is 4.79 Å². The highest BCUT2D eigenvalue weighted by atomic mass is 19.4. The maximum atomic E-state index is 12.8. The third kappa shape index (κ3) is 2.67. The van der Waals surface area contributed by atoms with E-state index >= 15 is 0 Å². The Kier molecular flexibility index (Phi) is 3.89. The number of alkyl halides is 3. The summed E-state index contributed by atoms with van der Waals surface area (Å²) in [5.74, 6) is -0.475. The smallest absolute Gasteiger partial charge is 0.382 e. The Balaban J connectivity index is 2.04. The molecule has 0 bridgehead atoms. The standard InChI is InChI=1S/C16H12F3N3O2/c17-16(18,19)15(24)13-3-4-14(23)22(13)10-1-2-11-9(7-10)5-6-21-12(11)8-20/h1-2,5-7,13,15,24H,3-4H2/t13-,15?/m0/s1. The minimum atomic E-state index is -4.80. The van der Waals surface area contributed by atoms with Gasteiger partial charge in [-0.2, -0.15) is 18.4 Å². The van der Waals surface area contributed by atoms with Gasteiger partial charge in [-0.3, -0.25) is 4.79 Å². The molecule has 1 N–H and O–H groups in total. The predicted molar refractivity (Wildman–Crippen MR) is 79.0 cm³/mol. The number of pyridine rings is 1. The highest BCUT2D eigenvalue weighted by Crippen LogP contribution is 2.35. The highest BCUT2D eigenvalue weighted by Gasteiger charge is 2.49. The second-order valence-electron chi connectivity index (χ2n) is 5.53. The van der Waals surface area contributed by atoms with Gasteiger partial charge in [-0.05, 0) is 36.1 Å². The minimum absolute atomic E-state index is 0.0599. The molecule has 124 valence electrons. The van der Waals surface area contributed by atoms with Crippen molar-refractivity contribution in [3.63, 3.8) is 0 Å². The second kappa shape index (κ2) is 5.76. The largest absolute Gasteiger partial charge is 0.416 e. The predicted octanol–water partition coefficient (Wildman–Crippen LogP) is 2.53. The first-order valence-electron chi connectivity index (χ1n) is 7.18. The number of aliphatic hydroxyl groups is 1. The fourth-order valence-electron chi connectivity index (χ4n) is 2.96. The average Bonchev–Trinajstić information content (AvgIpc) is 2.93. The topological polar surface area (TPSA) is 77.2 Å². The maximum Gasteiger partial charge on any atom is 0.416 e. The number of amides is 1. The molecule has 1 saturated heterocycles. The number of fused-ring (bicyclic) bond motifs is 1. The van der Waals surface area contributed by atoms with Crippen molar-refractivity contribution < 1.29 is 23.1 Å². The van der Waals surface area contributed by atoms with E-state index < -0.39 is 24.2 Å². The number of anilines is 1. The summed E-state index contributed by atoms with van der Waals surface area (Å²) in [6, 6.07) is 6.71. The minimum Gasteiger partial charge on any atom is -0.382 e. The zero-order valence-corrected chi connectivity index (χ0v) is 12.3. The number of carbonyl (C=O) groups is 1. The van der Waals surface area contributed by atoms with E-state index in [1.807, 2.05) is 6.07 Å². The van der Waals surface area contributed by atoms with Gasteiger partial charge in [-0.1, -0.05) is 0 Å². The number of halogens is 3. The molecule has 1 fully saturated rings. The van der Waals surface area contributed by atoms with Gasteiger partial charge < -0.3 is 10.0 Å². The third-order valence-electron chi connectivity index (χ3n) is 4.09. The molecule has 1 aromatic carbocycles. The summed E-state index contributed by atoms with van der Waals surface area (Å²) in [5.41, 5.74) is 0.451.